The van der Waals surface area contributed by atoms with E-state index in [4.69, 9.17) is 16.3 Å². The molecule has 0 aliphatic heterocycles. The van der Waals surface area contributed by atoms with E-state index in [9.17, 15) is 0 Å². The maximum absolute atomic E-state index is 6.19. The standard InChI is InChI=1S/C22H20ClNO/c1-16-11-12-20(13-17(16)2)24-14-18-7-4-6-10-22(18)25-15-19-8-3-5-9-21(19)23/h3-14H,15H2,1-2H3. The van der Waals surface area contributed by atoms with Gasteiger partial charge in [0.25, 0.3) is 0 Å². The van der Waals surface area contributed by atoms with Crippen molar-refractivity contribution in [3.05, 3.63) is 94.0 Å². The molecule has 3 heteroatoms. The smallest absolute Gasteiger partial charge is 0.128 e. The fourth-order valence-electron chi connectivity index (χ4n) is 2.44. The van der Waals surface area contributed by atoms with Gasteiger partial charge in [0.2, 0.25) is 0 Å². The highest BCUT2D eigenvalue weighted by Gasteiger charge is 2.04. The molecule has 0 aliphatic carbocycles. The Kier molecular flexibility index (Phi) is 5.52. The normalized spacial score (nSPS) is 11.0. The fourth-order valence-corrected chi connectivity index (χ4v) is 2.63. The highest BCUT2D eigenvalue weighted by atomic mass is 35.5. The number of aryl methyl sites for hydroxylation is 2. The van der Waals surface area contributed by atoms with Crippen LogP contribution in [0.25, 0.3) is 0 Å². The van der Waals surface area contributed by atoms with Crippen LogP contribution in [0.15, 0.2) is 71.7 Å². The van der Waals surface area contributed by atoms with E-state index in [2.05, 4.69) is 31.0 Å². The van der Waals surface area contributed by atoms with Crippen LogP contribution in [-0.2, 0) is 6.61 Å². The number of rotatable bonds is 5. The molecule has 0 aliphatic rings. The second-order valence-corrected chi connectivity index (χ2v) is 6.35. The van der Waals surface area contributed by atoms with Gasteiger partial charge in [0.1, 0.15) is 12.4 Å². The van der Waals surface area contributed by atoms with Gasteiger partial charge in [-0.05, 0) is 55.3 Å². The van der Waals surface area contributed by atoms with Crippen LogP contribution in [0.5, 0.6) is 5.75 Å². The number of halogens is 1. The molecular formula is C22H20ClNO. The first-order valence-corrected chi connectivity index (χ1v) is 8.58. The first kappa shape index (κ1) is 17.2. The summed E-state index contributed by atoms with van der Waals surface area (Å²) in [7, 11) is 0. The third kappa shape index (κ3) is 4.49. The zero-order valence-corrected chi connectivity index (χ0v) is 15.1. The SMILES string of the molecule is Cc1ccc(N=Cc2ccccc2OCc2ccccc2Cl)cc1C. The molecule has 0 spiro atoms. The quantitative estimate of drug-likeness (QED) is 0.496. The van der Waals surface area contributed by atoms with Crippen LogP contribution in [0.3, 0.4) is 0 Å². The van der Waals surface area contributed by atoms with E-state index in [-0.39, 0.29) is 0 Å². The van der Waals surface area contributed by atoms with Gasteiger partial charge in [0, 0.05) is 22.4 Å². The van der Waals surface area contributed by atoms with Gasteiger partial charge in [0.15, 0.2) is 0 Å². The maximum Gasteiger partial charge on any atom is 0.128 e. The summed E-state index contributed by atoms with van der Waals surface area (Å²) >= 11 is 6.19. The maximum atomic E-state index is 6.19. The number of benzene rings is 3. The van der Waals surface area contributed by atoms with Crippen LogP contribution in [0, 0.1) is 13.8 Å². The zero-order valence-electron chi connectivity index (χ0n) is 14.4. The van der Waals surface area contributed by atoms with Crippen molar-refractivity contribution >= 4 is 23.5 Å². The summed E-state index contributed by atoms with van der Waals surface area (Å²) in [6, 6.07) is 21.8. The third-order valence-corrected chi connectivity index (χ3v) is 4.47. The van der Waals surface area contributed by atoms with Crippen molar-refractivity contribution in [3.63, 3.8) is 0 Å². The summed E-state index contributed by atoms with van der Waals surface area (Å²) in [4.78, 5) is 4.58. The Hall–Kier alpha value is -2.58. The minimum absolute atomic E-state index is 0.425. The molecule has 0 amide bonds. The van der Waals surface area contributed by atoms with Gasteiger partial charge >= 0.3 is 0 Å². The first-order valence-electron chi connectivity index (χ1n) is 8.20. The number of hydrogen-bond acceptors (Lipinski definition) is 2. The van der Waals surface area contributed by atoms with Crippen molar-refractivity contribution in [1.82, 2.24) is 0 Å². The molecule has 0 fully saturated rings. The molecule has 0 heterocycles. The molecule has 0 N–H and O–H groups in total. The molecule has 0 saturated heterocycles. The topological polar surface area (TPSA) is 21.6 Å². The van der Waals surface area contributed by atoms with Crippen molar-refractivity contribution < 1.29 is 4.74 Å². The molecule has 3 aromatic rings. The molecule has 2 nitrogen and oxygen atoms in total. The first-order chi connectivity index (χ1) is 12.1. The Labute approximate surface area is 153 Å². The van der Waals surface area contributed by atoms with Crippen molar-refractivity contribution in [1.29, 1.82) is 0 Å². The lowest BCUT2D eigenvalue weighted by Crippen LogP contribution is -1.98. The van der Waals surface area contributed by atoms with Gasteiger partial charge < -0.3 is 4.74 Å². The Morgan fingerprint density at radius 3 is 2.48 bits per heavy atom. The number of aliphatic imine (C=N–C) groups is 1. The van der Waals surface area contributed by atoms with E-state index < -0.39 is 0 Å². The lowest BCUT2D eigenvalue weighted by atomic mass is 10.1. The highest BCUT2D eigenvalue weighted by Crippen LogP contribution is 2.22. The Bertz CT molecular complexity index is 902. The van der Waals surface area contributed by atoms with Crippen LogP contribution < -0.4 is 4.74 Å². The molecule has 3 rings (SSSR count). The van der Waals surface area contributed by atoms with Crippen LogP contribution >= 0.6 is 11.6 Å². The predicted molar refractivity (Wildman–Crippen MR) is 105 cm³/mol. The summed E-state index contributed by atoms with van der Waals surface area (Å²) < 4.78 is 5.96. The number of nitrogens with zero attached hydrogens (tertiary/aromatic N) is 1. The van der Waals surface area contributed by atoms with E-state index >= 15 is 0 Å². The summed E-state index contributed by atoms with van der Waals surface area (Å²) in [6.45, 7) is 4.61. The van der Waals surface area contributed by atoms with Gasteiger partial charge in [-0.15, -0.1) is 0 Å². The average molecular weight is 350 g/mol. The molecule has 126 valence electrons. The minimum atomic E-state index is 0.425. The number of ether oxygens (including phenoxy) is 1. The van der Waals surface area contributed by atoms with Crippen molar-refractivity contribution in [2.75, 3.05) is 0 Å². The molecule has 25 heavy (non-hydrogen) atoms. The third-order valence-electron chi connectivity index (χ3n) is 4.10. The molecule has 0 aromatic heterocycles. The van der Waals surface area contributed by atoms with Crippen LogP contribution in [0.2, 0.25) is 5.02 Å². The highest BCUT2D eigenvalue weighted by molar-refractivity contribution is 6.31. The largest absolute Gasteiger partial charge is 0.488 e. The Balaban J connectivity index is 1.77. The molecule has 0 radical (unpaired) electrons. The lowest BCUT2D eigenvalue weighted by Gasteiger charge is -2.10. The fraction of sp³-hybridized carbons (Fsp3) is 0.136. The van der Waals surface area contributed by atoms with Crippen LogP contribution in [0.1, 0.15) is 22.3 Å². The van der Waals surface area contributed by atoms with Gasteiger partial charge in [-0.2, -0.15) is 0 Å². The second-order valence-electron chi connectivity index (χ2n) is 5.94. The molecule has 0 unspecified atom stereocenters. The van der Waals surface area contributed by atoms with Gasteiger partial charge in [-0.3, -0.25) is 4.99 Å². The second kappa shape index (κ2) is 8.00. The van der Waals surface area contributed by atoms with E-state index in [0.717, 1.165) is 22.6 Å². The van der Waals surface area contributed by atoms with Crippen molar-refractivity contribution in [2.45, 2.75) is 20.5 Å². The summed E-state index contributed by atoms with van der Waals surface area (Å²) in [6.07, 6.45) is 1.84. The molecule has 0 bridgehead atoms. The van der Waals surface area contributed by atoms with E-state index in [1.54, 1.807) is 0 Å². The number of para-hydroxylation sites is 1. The number of hydrogen-bond donors (Lipinski definition) is 0. The van der Waals surface area contributed by atoms with Crippen LogP contribution in [-0.4, -0.2) is 6.21 Å². The predicted octanol–water partition coefficient (Wildman–Crippen LogP) is 6.29. The molecule has 3 aromatic carbocycles. The summed E-state index contributed by atoms with van der Waals surface area (Å²) in [5, 5.41) is 0.712. The van der Waals surface area contributed by atoms with Gasteiger partial charge in [-0.1, -0.05) is 48.0 Å². The van der Waals surface area contributed by atoms with E-state index in [1.807, 2.05) is 60.8 Å². The van der Waals surface area contributed by atoms with Crippen molar-refractivity contribution in [2.24, 2.45) is 4.99 Å². The zero-order chi connectivity index (χ0) is 17.6. The minimum Gasteiger partial charge on any atom is -0.488 e. The Morgan fingerprint density at radius 1 is 0.920 bits per heavy atom. The monoisotopic (exact) mass is 349 g/mol. The molecule has 0 saturated carbocycles. The van der Waals surface area contributed by atoms with Crippen molar-refractivity contribution in [3.8, 4) is 5.75 Å². The van der Waals surface area contributed by atoms with E-state index in [1.165, 1.54) is 11.1 Å². The van der Waals surface area contributed by atoms with Gasteiger partial charge in [-0.25, -0.2) is 0 Å². The Morgan fingerprint density at radius 2 is 1.68 bits per heavy atom. The van der Waals surface area contributed by atoms with Crippen LogP contribution in [0.4, 0.5) is 5.69 Å². The van der Waals surface area contributed by atoms with Gasteiger partial charge in [0.05, 0.1) is 5.69 Å². The molecule has 0 atom stereocenters. The summed E-state index contributed by atoms with van der Waals surface area (Å²) in [5.74, 6) is 0.787. The lowest BCUT2D eigenvalue weighted by molar-refractivity contribution is 0.306. The summed E-state index contributed by atoms with van der Waals surface area (Å²) in [5.41, 5.74) is 5.34. The molecular weight excluding hydrogens is 330 g/mol. The van der Waals surface area contributed by atoms with E-state index in [0.29, 0.717) is 11.6 Å². The average Bonchev–Trinajstić information content (AvgIpc) is 2.63.